The zero-order valence-corrected chi connectivity index (χ0v) is 12.1. The van der Waals surface area contributed by atoms with Gasteiger partial charge in [-0.15, -0.1) is 5.10 Å². The Morgan fingerprint density at radius 3 is 2.95 bits per heavy atom. The van der Waals surface area contributed by atoms with Crippen LogP contribution in [-0.2, 0) is 9.53 Å². The number of hydrogen-bond donors (Lipinski definition) is 3. The van der Waals surface area contributed by atoms with E-state index in [1.165, 1.54) is 0 Å². The van der Waals surface area contributed by atoms with E-state index in [0.29, 0.717) is 13.2 Å². The molecule has 0 bridgehead atoms. The molecule has 1 aromatic rings. The van der Waals surface area contributed by atoms with Gasteiger partial charge in [-0.05, 0) is 6.92 Å². The van der Waals surface area contributed by atoms with E-state index in [0.717, 1.165) is 13.1 Å². The Kier molecular flexibility index (Phi) is 5.23. The van der Waals surface area contributed by atoms with Gasteiger partial charge in [-0.2, -0.15) is 0 Å². The van der Waals surface area contributed by atoms with Crippen molar-refractivity contribution < 1.29 is 14.3 Å². The molecule has 2 rings (SSSR count). The van der Waals surface area contributed by atoms with Crippen molar-refractivity contribution >= 4 is 11.8 Å². The van der Waals surface area contributed by atoms with Crippen molar-refractivity contribution in [1.82, 2.24) is 30.9 Å². The van der Waals surface area contributed by atoms with Gasteiger partial charge in [0.05, 0.1) is 18.8 Å². The minimum absolute atomic E-state index is 0.207. The minimum Gasteiger partial charge on any atom is -0.383 e. The highest BCUT2D eigenvalue weighted by atomic mass is 16.5. The summed E-state index contributed by atoms with van der Waals surface area (Å²) in [5.41, 5.74) is 0.207. The molecule has 116 valence electrons. The van der Waals surface area contributed by atoms with Crippen molar-refractivity contribution in [2.24, 2.45) is 0 Å². The molecule has 1 aromatic heterocycles. The third-order valence-electron chi connectivity index (χ3n) is 3.22. The van der Waals surface area contributed by atoms with Gasteiger partial charge < -0.3 is 20.7 Å². The second-order valence-electron chi connectivity index (χ2n) is 4.87. The second-order valence-corrected chi connectivity index (χ2v) is 4.87. The van der Waals surface area contributed by atoms with Gasteiger partial charge >= 0.3 is 0 Å². The van der Waals surface area contributed by atoms with Crippen molar-refractivity contribution in [3.05, 3.63) is 11.9 Å². The lowest BCUT2D eigenvalue weighted by Crippen LogP contribution is -2.45. The van der Waals surface area contributed by atoms with Gasteiger partial charge in [0.2, 0.25) is 5.91 Å². The van der Waals surface area contributed by atoms with Crippen LogP contribution in [0.5, 0.6) is 0 Å². The molecule has 1 aliphatic heterocycles. The van der Waals surface area contributed by atoms with Crippen LogP contribution in [0.3, 0.4) is 0 Å². The van der Waals surface area contributed by atoms with Gasteiger partial charge in [-0.25, -0.2) is 4.68 Å². The number of carbonyl (C=O) groups is 2. The molecule has 0 spiro atoms. The highest BCUT2D eigenvalue weighted by molar-refractivity contribution is 5.95. The molecule has 9 nitrogen and oxygen atoms in total. The molecular weight excluding hydrogens is 276 g/mol. The van der Waals surface area contributed by atoms with Gasteiger partial charge in [-0.1, -0.05) is 5.21 Å². The number of hydrogen-bond acceptors (Lipinski definition) is 6. The van der Waals surface area contributed by atoms with Gasteiger partial charge in [0.15, 0.2) is 5.69 Å². The first-order valence-electron chi connectivity index (χ1n) is 6.82. The summed E-state index contributed by atoms with van der Waals surface area (Å²) in [6, 6.07) is -0.404. The molecule has 0 radical (unpaired) electrons. The standard InChI is InChI=1S/C12H20N6O3/c1-8(11(19)14-3-4-21-2)15-12(20)10-7-18(17-16-10)9-5-13-6-9/h7-9,13H,3-6H2,1-2H3,(H,14,19)(H,15,20). The Labute approximate surface area is 122 Å². The fourth-order valence-electron chi connectivity index (χ4n) is 1.79. The Bertz CT molecular complexity index is 499. The molecule has 2 heterocycles. The fourth-order valence-corrected chi connectivity index (χ4v) is 1.79. The minimum atomic E-state index is -0.648. The molecule has 1 saturated heterocycles. The van der Waals surface area contributed by atoms with Crippen LogP contribution in [0.2, 0.25) is 0 Å². The average molecular weight is 296 g/mol. The quantitative estimate of drug-likeness (QED) is 0.518. The summed E-state index contributed by atoms with van der Waals surface area (Å²) in [7, 11) is 1.55. The Balaban J connectivity index is 1.82. The Morgan fingerprint density at radius 1 is 1.57 bits per heavy atom. The number of carbonyl (C=O) groups excluding carboxylic acids is 2. The van der Waals surface area contributed by atoms with E-state index in [9.17, 15) is 9.59 Å². The van der Waals surface area contributed by atoms with Crippen molar-refractivity contribution in [3.63, 3.8) is 0 Å². The van der Waals surface area contributed by atoms with E-state index in [1.807, 2.05) is 0 Å². The van der Waals surface area contributed by atoms with Crippen molar-refractivity contribution in [3.8, 4) is 0 Å². The van der Waals surface area contributed by atoms with Crippen LogP contribution in [0.4, 0.5) is 0 Å². The number of rotatable bonds is 7. The third-order valence-corrected chi connectivity index (χ3v) is 3.22. The molecule has 1 fully saturated rings. The topological polar surface area (TPSA) is 110 Å². The first-order valence-corrected chi connectivity index (χ1v) is 6.82. The van der Waals surface area contributed by atoms with E-state index in [2.05, 4.69) is 26.3 Å². The number of nitrogens with one attached hydrogen (secondary N) is 3. The van der Waals surface area contributed by atoms with E-state index in [-0.39, 0.29) is 17.6 Å². The number of aromatic nitrogens is 3. The third kappa shape index (κ3) is 3.99. The summed E-state index contributed by atoms with van der Waals surface area (Å²) >= 11 is 0. The SMILES string of the molecule is COCCNC(=O)C(C)NC(=O)c1cn(C2CNC2)nn1. The van der Waals surface area contributed by atoms with Gasteiger partial charge in [0, 0.05) is 26.7 Å². The molecule has 2 amide bonds. The lowest BCUT2D eigenvalue weighted by atomic mass is 10.2. The number of nitrogens with zero attached hydrogens (tertiary/aromatic N) is 3. The molecule has 0 aromatic carbocycles. The lowest BCUT2D eigenvalue weighted by Gasteiger charge is -2.26. The highest BCUT2D eigenvalue weighted by Gasteiger charge is 2.23. The van der Waals surface area contributed by atoms with Gasteiger partial charge in [0.1, 0.15) is 6.04 Å². The monoisotopic (exact) mass is 296 g/mol. The Hall–Kier alpha value is -2.00. The van der Waals surface area contributed by atoms with Crippen LogP contribution in [0.25, 0.3) is 0 Å². The van der Waals surface area contributed by atoms with E-state index < -0.39 is 11.9 Å². The van der Waals surface area contributed by atoms with Crippen LogP contribution < -0.4 is 16.0 Å². The molecular formula is C12H20N6O3. The molecule has 9 heteroatoms. The van der Waals surface area contributed by atoms with Crippen molar-refractivity contribution in [1.29, 1.82) is 0 Å². The molecule has 0 aliphatic carbocycles. The largest absolute Gasteiger partial charge is 0.383 e. The summed E-state index contributed by atoms with van der Waals surface area (Å²) in [4.78, 5) is 23.7. The van der Waals surface area contributed by atoms with Crippen LogP contribution >= 0.6 is 0 Å². The predicted molar refractivity (Wildman–Crippen MR) is 73.7 cm³/mol. The van der Waals surface area contributed by atoms with Crippen LogP contribution in [0.15, 0.2) is 6.20 Å². The van der Waals surface area contributed by atoms with Gasteiger partial charge in [-0.3, -0.25) is 9.59 Å². The number of ether oxygens (including phenoxy) is 1. The van der Waals surface area contributed by atoms with Gasteiger partial charge in [0.25, 0.3) is 5.91 Å². The van der Waals surface area contributed by atoms with E-state index in [4.69, 9.17) is 4.74 Å². The smallest absolute Gasteiger partial charge is 0.274 e. The maximum atomic E-state index is 12.0. The Morgan fingerprint density at radius 2 is 2.33 bits per heavy atom. The first kappa shape index (κ1) is 15.4. The zero-order chi connectivity index (χ0) is 15.2. The van der Waals surface area contributed by atoms with Crippen LogP contribution in [-0.4, -0.2) is 66.2 Å². The first-order chi connectivity index (χ1) is 10.1. The summed E-state index contributed by atoms with van der Waals surface area (Å²) in [5, 5.41) is 16.1. The zero-order valence-electron chi connectivity index (χ0n) is 12.1. The normalized spacial score (nSPS) is 16.1. The summed E-state index contributed by atoms with van der Waals surface area (Å²) in [5.74, 6) is -0.682. The summed E-state index contributed by atoms with van der Waals surface area (Å²) in [6.07, 6.45) is 1.59. The maximum Gasteiger partial charge on any atom is 0.274 e. The molecule has 1 atom stereocenters. The van der Waals surface area contributed by atoms with Crippen molar-refractivity contribution in [2.45, 2.75) is 19.0 Å². The average Bonchev–Trinajstić information content (AvgIpc) is 2.86. The van der Waals surface area contributed by atoms with Crippen molar-refractivity contribution in [2.75, 3.05) is 33.4 Å². The lowest BCUT2D eigenvalue weighted by molar-refractivity contribution is -0.122. The highest BCUT2D eigenvalue weighted by Crippen LogP contribution is 2.09. The predicted octanol–water partition coefficient (Wildman–Crippen LogP) is -1.70. The number of amides is 2. The maximum absolute atomic E-state index is 12.0. The molecule has 1 unspecified atom stereocenters. The van der Waals surface area contributed by atoms with Crippen LogP contribution in [0.1, 0.15) is 23.5 Å². The molecule has 1 aliphatic rings. The number of methoxy groups -OCH3 is 1. The summed E-state index contributed by atoms with van der Waals surface area (Å²) < 4.78 is 6.50. The van der Waals surface area contributed by atoms with E-state index >= 15 is 0 Å². The molecule has 3 N–H and O–H groups in total. The van der Waals surface area contributed by atoms with Crippen LogP contribution in [0, 0.1) is 0 Å². The van der Waals surface area contributed by atoms with E-state index in [1.54, 1.807) is 24.9 Å². The molecule has 21 heavy (non-hydrogen) atoms. The summed E-state index contributed by atoms with van der Waals surface area (Å²) in [6.45, 7) is 4.09. The molecule has 0 saturated carbocycles. The second kappa shape index (κ2) is 7.14. The fraction of sp³-hybridized carbons (Fsp3) is 0.667.